The number of hydrogen-bond acceptors (Lipinski definition) is 2. The van der Waals surface area contributed by atoms with Crippen molar-refractivity contribution in [3.8, 4) is 0 Å². The van der Waals surface area contributed by atoms with Crippen molar-refractivity contribution >= 4 is 16.1 Å². The Morgan fingerprint density at radius 2 is 2.45 bits per heavy atom. The maximum atomic E-state index is 10.7. The van der Waals surface area contributed by atoms with E-state index in [4.69, 9.17) is 4.55 Å². The second kappa shape index (κ2) is 3.82. The smallest absolute Gasteiger partial charge is 0.103 e. The molecular weight excluding hydrogens is 162 g/mol. The van der Waals surface area contributed by atoms with E-state index in [-0.39, 0.29) is 5.06 Å². The molecule has 2 N–H and O–H groups in total. The summed E-state index contributed by atoms with van der Waals surface area (Å²) in [5.41, 5.74) is 0.908. The lowest BCUT2D eigenvalue weighted by Gasteiger charge is -2.17. The van der Waals surface area contributed by atoms with Gasteiger partial charge >= 0.3 is 0 Å². The standard InChI is InChI=1S/C7H11NO2S/c1-8(9)5-7-3-2-4-11(10)6-7/h2-4,6,8,10H,5H2,1H3. The molecule has 0 bridgehead atoms. The minimum atomic E-state index is -0.763. The van der Waals surface area contributed by atoms with E-state index in [0.29, 0.717) is 6.54 Å². The van der Waals surface area contributed by atoms with E-state index in [1.54, 1.807) is 23.9 Å². The van der Waals surface area contributed by atoms with Gasteiger partial charge in [0.25, 0.3) is 0 Å². The van der Waals surface area contributed by atoms with Gasteiger partial charge in [0.15, 0.2) is 0 Å². The van der Waals surface area contributed by atoms with Gasteiger partial charge in [-0.2, -0.15) is 0 Å². The molecule has 2 unspecified atom stereocenters. The minimum Gasteiger partial charge on any atom is -0.634 e. The van der Waals surface area contributed by atoms with Crippen LogP contribution in [0, 0.1) is 5.21 Å². The van der Waals surface area contributed by atoms with E-state index in [9.17, 15) is 5.21 Å². The van der Waals surface area contributed by atoms with Crippen molar-refractivity contribution in [1.82, 2.24) is 0 Å². The third-order valence-corrected chi connectivity index (χ3v) is 2.23. The van der Waals surface area contributed by atoms with Gasteiger partial charge in [0.1, 0.15) is 6.54 Å². The lowest BCUT2D eigenvalue weighted by atomic mass is 10.3. The summed E-state index contributed by atoms with van der Waals surface area (Å²) in [5.74, 6) is 0. The fourth-order valence-electron chi connectivity index (χ4n) is 0.865. The zero-order valence-electron chi connectivity index (χ0n) is 6.28. The molecule has 0 aromatic rings. The normalized spacial score (nSPS) is 25.7. The molecule has 2 atom stereocenters. The summed E-state index contributed by atoms with van der Waals surface area (Å²) in [5, 5.41) is 14.2. The van der Waals surface area contributed by atoms with Crippen LogP contribution in [0.15, 0.2) is 23.1 Å². The number of allylic oxidation sites excluding steroid dienone is 2. The maximum absolute atomic E-state index is 10.7. The van der Waals surface area contributed by atoms with Gasteiger partial charge in [0.05, 0.1) is 7.05 Å². The molecule has 1 heterocycles. The molecular formula is C7H11NO2S. The molecule has 0 saturated carbocycles. The Bertz CT molecular complexity index is 231. The Morgan fingerprint density at radius 1 is 1.73 bits per heavy atom. The van der Waals surface area contributed by atoms with Crippen LogP contribution in [0.1, 0.15) is 0 Å². The summed E-state index contributed by atoms with van der Waals surface area (Å²) in [6, 6.07) is 0. The predicted octanol–water partition coefficient (Wildman–Crippen LogP) is -0.00330. The van der Waals surface area contributed by atoms with Gasteiger partial charge in [-0.05, 0) is 21.5 Å². The average molecular weight is 173 g/mol. The zero-order valence-corrected chi connectivity index (χ0v) is 7.10. The minimum absolute atomic E-state index is 0.125. The molecule has 0 radical (unpaired) electrons. The number of hydroxylamine groups is 2. The predicted molar refractivity (Wildman–Crippen MR) is 48.6 cm³/mol. The topological polar surface area (TPSA) is 47.7 Å². The Kier molecular flexibility index (Phi) is 3.02. The van der Waals surface area contributed by atoms with Crippen molar-refractivity contribution < 1.29 is 9.62 Å². The molecule has 1 rings (SSSR count). The van der Waals surface area contributed by atoms with Crippen LogP contribution >= 0.6 is 10.8 Å². The van der Waals surface area contributed by atoms with Crippen LogP contribution < -0.4 is 5.06 Å². The van der Waals surface area contributed by atoms with Gasteiger partial charge < -0.3 is 14.8 Å². The van der Waals surface area contributed by atoms with Gasteiger partial charge in [-0.15, -0.1) is 0 Å². The molecule has 1 aliphatic heterocycles. The monoisotopic (exact) mass is 173 g/mol. The highest BCUT2D eigenvalue weighted by atomic mass is 32.2. The summed E-state index contributed by atoms with van der Waals surface area (Å²) in [6.07, 6.45) is 3.63. The second-order valence-electron chi connectivity index (χ2n) is 2.41. The zero-order chi connectivity index (χ0) is 8.27. The van der Waals surface area contributed by atoms with Crippen molar-refractivity contribution in [2.45, 2.75) is 0 Å². The van der Waals surface area contributed by atoms with Crippen LogP contribution in [-0.2, 0) is 0 Å². The van der Waals surface area contributed by atoms with Gasteiger partial charge in [-0.1, -0.05) is 12.2 Å². The number of rotatable bonds is 2. The molecule has 62 valence electrons. The number of quaternary nitrogens is 1. The first-order chi connectivity index (χ1) is 5.18. The Balaban J connectivity index is 2.61. The molecule has 0 amide bonds. The largest absolute Gasteiger partial charge is 0.634 e. The van der Waals surface area contributed by atoms with Gasteiger partial charge in [0.2, 0.25) is 0 Å². The molecule has 0 saturated heterocycles. The van der Waals surface area contributed by atoms with E-state index in [2.05, 4.69) is 0 Å². The fraction of sp³-hybridized carbons (Fsp3) is 0.286. The first-order valence-electron chi connectivity index (χ1n) is 3.31. The summed E-state index contributed by atoms with van der Waals surface area (Å²) in [4.78, 5) is 0. The van der Waals surface area contributed by atoms with Crippen molar-refractivity contribution in [3.05, 3.63) is 28.3 Å². The highest BCUT2D eigenvalue weighted by Crippen LogP contribution is 2.13. The van der Waals surface area contributed by atoms with Crippen LogP contribution in [-0.4, -0.2) is 23.5 Å². The molecule has 0 aromatic heterocycles. The van der Waals surface area contributed by atoms with E-state index in [0.717, 1.165) is 5.57 Å². The van der Waals surface area contributed by atoms with Crippen LogP contribution in [0.4, 0.5) is 0 Å². The molecule has 1 aliphatic rings. The molecule has 4 heteroatoms. The quantitative estimate of drug-likeness (QED) is 0.456. The lowest BCUT2D eigenvalue weighted by Crippen LogP contribution is -3.04. The highest BCUT2D eigenvalue weighted by Gasteiger charge is 1.99. The average Bonchev–Trinajstić information content (AvgIpc) is 1.85. The van der Waals surface area contributed by atoms with E-state index < -0.39 is 10.8 Å². The van der Waals surface area contributed by atoms with Gasteiger partial charge in [0, 0.05) is 5.57 Å². The SMILES string of the molecule is C[NH+]([O-])CC1=CC=CS(O)=C1. The molecule has 0 fully saturated rings. The Labute approximate surface area is 68.4 Å². The first kappa shape index (κ1) is 8.67. The molecule has 0 aliphatic carbocycles. The molecule has 0 aromatic carbocycles. The first-order valence-corrected chi connectivity index (χ1v) is 4.62. The van der Waals surface area contributed by atoms with Crippen LogP contribution in [0.25, 0.3) is 0 Å². The number of likely N-dealkylation sites (N-methyl/N-ethyl adjacent to an activating group) is 1. The van der Waals surface area contributed by atoms with Gasteiger partial charge in [-0.3, -0.25) is 0 Å². The van der Waals surface area contributed by atoms with E-state index in [1.165, 1.54) is 0 Å². The van der Waals surface area contributed by atoms with Crippen LogP contribution in [0.3, 0.4) is 0 Å². The lowest BCUT2D eigenvalue weighted by molar-refractivity contribution is -0.819. The van der Waals surface area contributed by atoms with Crippen LogP contribution in [0.2, 0.25) is 0 Å². The fourth-order valence-corrected chi connectivity index (χ4v) is 1.66. The van der Waals surface area contributed by atoms with E-state index in [1.807, 2.05) is 6.08 Å². The van der Waals surface area contributed by atoms with Crippen molar-refractivity contribution in [1.29, 1.82) is 0 Å². The highest BCUT2D eigenvalue weighted by molar-refractivity contribution is 8.12. The summed E-state index contributed by atoms with van der Waals surface area (Å²) >= 11 is 0. The van der Waals surface area contributed by atoms with Crippen molar-refractivity contribution in [2.24, 2.45) is 0 Å². The second-order valence-corrected chi connectivity index (χ2v) is 3.62. The molecule has 0 spiro atoms. The van der Waals surface area contributed by atoms with E-state index >= 15 is 0 Å². The maximum Gasteiger partial charge on any atom is 0.103 e. The third kappa shape index (κ3) is 2.98. The Morgan fingerprint density at radius 3 is 3.00 bits per heavy atom. The summed E-state index contributed by atoms with van der Waals surface area (Å²) < 4.78 is 9.13. The summed E-state index contributed by atoms with van der Waals surface area (Å²) in [7, 11) is 0.781. The van der Waals surface area contributed by atoms with Crippen LogP contribution in [0.5, 0.6) is 0 Å². The van der Waals surface area contributed by atoms with Crippen molar-refractivity contribution in [2.75, 3.05) is 13.6 Å². The van der Waals surface area contributed by atoms with Crippen molar-refractivity contribution in [3.63, 3.8) is 0 Å². The molecule has 3 nitrogen and oxygen atoms in total. The number of hydrogen-bond donors (Lipinski definition) is 2. The Hall–Kier alpha value is -0.420. The van der Waals surface area contributed by atoms with Gasteiger partial charge in [-0.25, -0.2) is 0 Å². The third-order valence-electron chi connectivity index (χ3n) is 1.25. The number of nitrogens with one attached hydrogen (secondary N) is 1. The molecule has 11 heavy (non-hydrogen) atoms. The summed E-state index contributed by atoms with van der Waals surface area (Å²) in [6.45, 7) is 0.425.